The van der Waals surface area contributed by atoms with Gasteiger partial charge in [-0.25, -0.2) is 0 Å². The third-order valence-electron chi connectivity index (χ3n) is 3.49. The van der Waals surface area contributed by atoms with Gasteiger partial charge < -0.3 is 10.6 Å². The van der Waals surface area contributed by atoms with Crippen molar-refractivity contribution in [1.29, 1.82) is 0 Å². The molecule has 2 aromatic carbocycles. The van der Waals surface area contributed by atoms with Crippen LogP contribution in [0.2, 0.25) is 0 Å². The summed E-state index contributed by atoms with van der Waals surface area (Å²) in [7, 11) is 0. The number of carbonyl (C=O) groups is 3. The van der Waals surface area contributed by atoms with Crippen LogP contribution in [0.4, 0.5) is 0 Å². The van der Waals surface area contributed by atoms with E-state index in [0.717, 1.165) is 0 Å². The van der Waals surface area contributed by atoms with E-state index in [1.807, 2.05) is 13.8 Å². The molecule has 0 heterocycles. The van der Waals surface area contributed by atoms with Crippen LogP contribution in [0.3, 0.4) is 0 Å². The predicted molar refractivity (Wildman–Crippen MR) is 92.3 cm³/mol. The van der Waals surface area contributed by atoms with Crippen molar-refractivity contribution < 1.29 is 14.4 Å². The van der Waals surface area contributed by atoms with Gasteiger partial charge in [0, 0.05) is 35.3 Å². The average Bonchev–Trinajstić information content (AvgIpc) is 2.62. The van der Waals surface area contributed by atoms with E-state index in [9.17, 15) is 14.4 Å². The van der Waals surface area contributed by atoms with Crippen molar-refractivity contribution in [2.24, 2.45) is 0 Å². The molecule has 0 unspecified atom stereocenters. The third-order valence-corrected chi connectivity index (χ3v) is 3.49. The molecule has 2 aromatic rings. The van der Waals surface area contributed by atoms with Crippen LogP contribution in [0.5, 0.6) is 0 Å². The Morgan fingerprint density at radius 2 is 0.917 bits per heavy atom. The maximum absolute atomic E-state index is 12.5. The van der Waals surface area contributed by atoms with Crippen LogP contribution in [-0.4, -0.2) is 30.7 Å². The minimum atomic E-state index is -0.164. The molecule has 0 saturated carbocycles. The van der Waals surface area contributed by atoms with E-state index in [4.69, 9.17) is 0 Å². The van der Waals surface area contributed by atoms with Gasteiger partial charge in [-0.15, -0.1) is 0 Å². The maximum atomic E-state index is 12.5. The third kappa shape index (κ3) is 4.07. The lowest BCUT2D eigenvalue weighted by Gasteiger charge is -2.06. The van der Waals surface area contributed by atoms with Crippen molar-refractivity contribution >= 4 is 17.6 Å². The second-order valence-electron chi connectivity index (χ2n) is 5.20. The van der Waals surface area contributed by atoms with Crippen LogP contribution >= 0.6 is 0 Å². The van der Waals surface area contributed by atoms with Crippen LogP contribution in [0, 0.1) is 0 Å². The lowest BCUT2D eigenvalue weighted by atomic mass is 10.0. The molecule has 0 aliphatic heterocycles. The summed E-state index contributed by atoms with van der Waals surface area (Å²) in [5, 5.41) is 5.42. The highest BCUT2D eigenvalue weighted by Gasteiger charge is 2.12. The highest BCUT2D eigenvalue weighted by molar-refractivity contribution is 6.10. The summed E-state index contributed by atoms with van der Waals surface area (Å²) < 4.78 is 0. The molecule has 2 rings (SSSR count). The van der Waals surface area contributed by atoms with Crippen LogP contribution in [-0.2, 0) is 0 Å². The van der Waals surface area contributed by atoms with Crippen molar-refractivity contribution in [3.8, 4) is 0 Å². The minimum Gasteiger partial charge on any atom is -0.352 e. The molecule has 2 amide bonds. The number of carbonyl (C=O) groups excluding carboxylic acids is 3. The molecular formula is C19H20N2O3. The summed E-state index contributed by atoms with van der Waals surface area (Å²) in [4.78, 5) is 35.9. The predicted octanol–water partition coefficient (Wildman–Crippen LogP) is 2.42. The Balaban J connectivity index is 2.14. The Hall–Kier alpha value is -2.95. The van der Waals surface area contributed by atoms with Gasteiger partial charge in [0.05, 0.1) is 0 Å². The smallest absolute Gasteiger partial charge is 0.251 e. The topological polar surface area (TPSA) is 75.3 Å². The number of rotatable bonds is 6. The minimum absolute atomic E-state index is 0.153. The maximum Gasteiger partial charge on any atom is 0.251 e. The average molecular weight is 324 g/mol. The van der Waals surface area contributed by atoms with Crippen LogP contribution in [0.25, 0.3) is 0 Å². The van der Waals surface area contributed by atoms with E-state index in [0.29, 0.717) is 35.3 Å². The number of nitrogens with one attached hydrogen (secondary N) is 2. The molecule has 0 radical (unpaired) electrons. The summed E-state index contributed by atoms with van der Waals surface area (Å²) in [5.41, 5.74) is 2.02. The van der Waals surface area contributed by atoms with E-state index in [2.05, 4.69) is 10.6 Å². The van der Waals surface area contributed by atoms with E-state index >= 15 is 0 Å². The first kappa shape index (κ1) is 17.4. The number of benzene rings is 2. The van der Waals surface area contributed by atoms with Crippen LogP contribution in [0.1, 0.15) is 50.5 Å². The first-order chi connectivity index (χ1) is 11.6. The normalized spacial score (nSPS) is 10.1. The fourth-order valence-electron chi connectivity index (χ4n) is 2.24. The van der Waals surface area contributed by atoms with Crippen molar-refractivity contribution in [2.75, 3.05) is 13.1 Å². The first-order valence-electron chi connectivity index (χ1n) is 7.88. The Morgan fingerprint density at radius 3 is 1.21 bits per heavy atom. The molecule has 0 spiro atoms. The van der Waals surface area contributed by atoms with Gasteiger partial charge in [0.1, 0.15) is 0 Å². The first-order valence-corrected chi connectivity index (χ1v) is 7.88. The molecule has 0 aliphatic carbocycles. The molecule has 2 N–H and O–H groups in total. The Morgan fingerprint density at radius 1 is 0.625 bits per heavy atom. The summed E-state index contributed by atoms with van der Waals surface area (Å²) in [5.74, 6) is -0.481. The fraction of sp³-hybridized carbons (Fsp3) is 0.211. The van der Waals surface area contributed by atoms with E-state index in [1.165, 1.54) is 0 Å². The monoisotopic (exact) mass is 324 g/mol. The summed E-state index contributed by atoms with van der Waals surface area (Å²) in [6, 6.07) is 13.0. The molecule has 124 valence electrons. The Bertz CT molecular complexity index is 671. The number of amides is 2. The largest absolute Gasteiger partial charge is 0.352 e. The lowest BCUT2D eigenvalue weighted by Crippen LogP contribution is -2.22. The molecule has 0 fully saturated rings. The molecular weight excluding hydrogens is 304 g/mol. The second kappa shape index (κ2) is 8.06. The van der Waals surface area contributed by atoms with Gasteiger partial charge in [-0.1, -0.05) is 24.3 Å². The summed E-state index contributed by atoms with van der Waals surface area (Å²) >= 11 is 0. The lowest BCUT2D eigenvalue weighted by molar-refractivity contribution is 0.0947. The Labute approximate surface area is 141 Å². The molecule has 0 atom stereocenters. The molecule has 24 heavy (non-hydrogen) atoms. The standard InChI is InChI=1S/C19H20N2O3/c1-3-20-18(23)15-9-5-13(6-10-15)17(22)14-7-11-16(12-8-14)19(24)21-4-2/h5-12H,3-4H2,1-2H3,(H,20,23)(H,21,24). The van der Waals surface area contributed by atoms with E-state index in [-0.39, 0.29) is 17.6 Å². The van der Waals surface area contributed by atoms with Crippen LogP contribution < -0.4 is 10.6 Å². The highest BCUT2D eigenvalue weighted by Crippen LogP contribution is 2.13. The van der Waals surface area contributed by atoms with E-state index < -0.39 is 0 Å². The molecule has 0 aliphatic rings. The zero-order valence-corrected chi connectivity index (χ0v) is 13.8. The second-order valence-corrected chi connectivity index (χ2v) is 5.20. The van der Waals surface area contributed by atoms with Gasteiger partial charge >= 0.3 is 0 Å². The molecule has 5 heteroatoms. The molecule has 5 nitrogen and oxygen atoms in total. The van der Waals surface area contributed by atoms with E-state index in [1.54, 1.807) is 48.5 Å². The van der Waals surface area contributed by atoms with Crippen molar-refractivity contribution in [3.05, 3.63) is 70.8 Å². The number of ketones is 1. The molecule has 0 bridgehead atoms. The summed E-state index contributed by atoms with van der Waals surface area (Å²) in [6.45, 7) is 4.80. The number of hydrogen-bond acceptors (Lipinski definition) is 3. The molecule has 0 aromatic heterocycles. The van der Waals surface area contributed by atoms with Gasteiger partial charge in [0.2, 0.25) is 0 Å². The van der Waals surface area contributed by atoms with Crippen molar-refractivity contribution in [3.63, 3.8) is 0 Å². The fourth-order valence-corrected chi connectivity index (χ4v) is 2.24. The number of hydrogen-bond donors (Lipinski definition) is 2. The Kier molecular flexibility index (Phi) is 5.84. The SMILES string of the molecule is CCNC(=O)c1ccc(C(=O)c2ccc(C(=O)NCC)cc2)cc1. The quantitative estimate of drug-likeness (QED) is 0.801. The van der Waals surface area contributed by atoms with Gasteiger partial charge in [-0.3, -0.25) is 14.4 Å². The zero-order valence-electron chi connectivity index (χ0n) is 13.8. The van der Waals surface area contributed by atoms with Gasteiger partial charge in [0.15, 0.2) is 5.78 Å². The zero-order chi connectivity index (χ0) is 17.5. The van der Waals surface area contributed by atoms with Gasteiger partial charge in [-0.2, -0.15) is 0 Å². The molecule has 0 saturated heterocycles. The van der Waals surface area contributed by atoms with Crippen LogP contribution in [0.15, 0.2) is 48.5 Å². The van der Waals surface area contributed by atoms with Gasteiger partial charge in [0.25, 0.3) is 11.8 Å². The van der Waals surface area contributed by atoms with Gasteiger partial charge in [-0.05, 0) is 38.1 Å². The van der Waals surface area contributed by atoms with Crippen molar-refractivity contribution in [1.82, 2.24) is 10.6 Å². The van der Waals surface area contributed by atoms with Crippen molar-refractivity contribution in [2.45, 2.75) is 13.8 Å². The summed E-state index contributed by atoms with van der Waals surface area (Å²) in [6.07, 6.45) is 0. The highest BCUT2D eigenvalue weighted by atomic mass is 16.2.